The number of aliphatic hydroxyl groups is 1. The Morgan fingerprint density at radius 1 is 1.32 bits per heavy atom. The van der Waals surface area contributed by atoms with Crippen LogP contribution in [0.1, 0.15) is 35.7 Å². The molecule has 6 nitrogen and oxygen atoms in total. The minimum absolute atomic E-state index is 0.179. The second-order valence-electron chi connectivity index (χ2n) is 6.28. The topological polar surface area (TPSA) is 89.0 Å². The molecule has 6 heteroatoms. The first kappa shape index (κ1) is 13.9. The van der Waals surface area contributed by atoms with Crippen molar-refractivity contribution in [1.82, 2.24) is 20.3 Å². The number of aliphatic hydroxyl groups excluding tert-OH is 1. The summed E-state index contributed by atoms with van der Waals surface area (Å²) in [6.45, 7) is 2.23. The van der Waals surface area contributed by atoms with E-state index in [4.69, 9.17) is 5.73 Å². The SMILES string of the molecule is NCc1cn([C@H]2c3ccccc3C3(CCNCC3)[C@@H]2O)nn1. The fraction of sp³-hybridized carbons (Fsp3) is 0.500. The maximum absolute atomic E-state index is 11.2. The van der Waals surface area contributed by atoms with Gasteiger partial charge in [-0.15, -0.1) is 5.10 Å². The third-order valence-electron chi connectivity index (χ3n) is 5.23. The molecule has 0 bridgehead atoms. The molecule has 116 valence electrons. The molecular weight excluding hydrogens is 278 g/mol. The Balaban J connectivity index is 1.83. The van der Waals surface area contributed by atoms with E-state index in [9.17, 15) is 5.11 Å². The lowest BCUT2D eigenvalue weighted by Gasteiger charge is -2.38. The second-order valence-corrected chi connectivity index (χ2v) is 6.28. The Bertz CT molecular complexity index is 677. The number of nitrogens with one attached hydrogen (secondary N) is 1. The van der Waals surface area contributed by atoms with Gasteiger partial charge in [0.05, 0.1) is 18.0 Å². The van der Waals surface area contributed by atoms with Gasteiger partial charge in [0.25, 0.3) is 0 Å². The van der Waals surface area contributed by atoms with Gasteiger partial charge < -0.3 is 16.2 Å². The highest BCUT2D eigenvalue weighted by molar-refractivity contribution is 5.45. The van der Waals surface area contributed by atoms with Crippen LogP contribution in [0.25, 0.3) is 0 Å². The lowest BCUT2D eigenvalue weighted by atomic mass is 9.72. The van der Waals surface area contributed by atoms with Gasteiger partial charge >= 0.3 is 0 Å². The predicted molar refractivity (Wildman–Crippen MR) is 82.3 cm³/mol. The van der Waals surface area contributed by atoms with Crippen molar-refractivity contribution in [1.29, 1.82) is 0 Å². The molecule has 0 radical (unpaired) electrons. The van der Waals surface area contributed by atoms with Gasteiger partial charge in [0.2, 0.25) is 0 Å². The summed E-state index contributed by atoms with van der Waals surface area (Å²) in [4.78, 5) is 0. The van der Waals surface area contributed by atoms with E-state index in [2.05, 4.69) is 33.8 Å². The summed E-state index contributed by atoms with van der Waals surface area (Å²) in [5, 5.41) is 22.9. The molecule has 1 aliphatic carbocycles. The molecule has 1 spiro atoms. The molecule has 1 aliphatic heterocycles. The number of hydrogen-bond acceptors (Lipinski definition) is 5. The average molecular weight is 299 g/mol. The number of rotatable bonds is 2. The van der Waals surface area contributed by atoms with Crippen molar-refractivity contribution < 1.29 is 5.11 Å². The van der Waals surface area contributed by atoms with Crippen LogP contribution in [0.3, 0.4) is 0 Å². The fourth-order valence-corrected chi connectivity index (χ4v) is 4.11. The van der Waals surface area contributed by atoms with Gasteiger partial charge in [0, 0.05) is 12.0 Å². The largest absolute Gasteiger partial charge is 0.390 e. The number of benzene rings is 1. The van der Waals surface area contributed by atoms with Crippen molar-refractivity contribution in [2.24, 2.45) is 5.73 Å². The Morgan fingerprint density at radius 3 is 2.82 bits per heavy atom. The minimum Gasteiger partial charge on any atom is -0.390 e. The highest BCUT2D eigenvalue weighted by atomic mass is 16.3. The van der Waals surface area contributed by atoms with Crippen LogP contribution >= 0.6 is 0 Å². The third-order valence-corrected chi connectivity index (χ3v) is 5.23. The van der Waals surface area contributed by atoms with Gasteiger partial charge in [-0.3, -0.25) is 0 Å². The standard InChI is InChI=1S/C16H21N5O/c17-9-11-10-21(20-19-11)14-12-3-1-2-4-13(12)16(15(14)22)5-7-18-8-6-16/h1-4,10,14-15,18,22H,5-9,17H2/t14-,15+/m0/s1. The first-order chi connectivity index (χ1) is 10.8. The molecule has 0 amide bonds. The van der Waals surface area contributed by atoms with Crippen molar-refractivity contribution in [2.75, 3.05) is 13.1 Å². The number of nitrogens with two attached hydrogens (primary N) is 1. The van der Waals surface area contributed by atoms with E-state index in [1.807, 2.05) is 12.3 Å². The molecule has 1 fully saturated rings. The van der Waals surface area contributed by atoms with Crippen LogP contribution < -0.4 is 11.1 Å². The van der Waals surface area contributed by atoms with Crippen LogP contribution in [-0.2, 0) is 12.0 Å². The average Bonchev–Trinajstić information content (AvgIpc) is 3.12. The monoisotopic (exact) mass is 299 g/mol. The quantitative estimate of drug-likeness (QED) is 0.743. The summed E-state index contributed by atoms with van der Waals surface area (Å²) in [5.74, 6) is 0. The number of nitrogens with zero attached hydrogens (tertiary/aromatic N) is 3. The maximum atomic E-state index is 11.2. The molecule has 4 N–H and O–H groups in total. The predicted octanol–water partition coefficient (Wildman–Crippen LogP) is 0.322. The summed E-state index contributed by atoms with van der Waals surface area (Å²) >= 11 is 0. The molecule has 2 aliphatic rings. The van der Waals surface area contributed by atoms with Gasteiger partial charge in [-0.2, -0.15) is 0 Å². The van der Waals surface area contributed by atoms with Gasteiger partial charge in [-0.1, -0.05) is 29.5 Å². The molecule has 1 aromatic carbocycles. The van der Waals surface area contributed by atoms with E-state index in [0.29, 0.717) is 6.54 Å². The van der Waals surface area contributed by atoms with E-state index >= 15 is 0 Å². The van der Waals surface area contributed by atoms with Crippen molar-refractivity contribution in [3.05, 3.63) is 47.3 Å². The van der Waals surface area contributed by atoms with Gasteiger partial charge in [-0.25, -0.2) is 4.68 Å². The zero-order valence-electron chi connectivity index (χ0n) is 12.4. The summed E-state index contributed by atoms with van der Waals surface area (Å²) in [5.41, 5.74) is 8.63. The molecule has 2 atom stereocenters. The lowest BCUT2D eigenvalue weighted by molar-refractivity contribution is 0.0421. The molecule has 0 unspecified atom stereocenters. The zero-order valence-corrected chi connectivity index (χ0v) is 12.4. The molecule has 4 rings (SSSR count). The minimum atomic E-state index is -0.487. The van der Waals surface area contributed by atoms with Crippen LogP contribution in [0.5, 0.6) is 0 Å². The normalized spacial score (nSPS) is 26.3. The van der Waals surface area contributed by atoms with Gasteiger partial charge in [0.15, 0.2) is 0 Å². The number of piperidine rings is 1. The molecule has 1 aromatic heterocycles. The number of aromatic nitrogens is 3. The molecular formula is C16H21N5O. The fourth-order valence-electron chi connectivity index (χ4n) is 4.11. The second kappa shape index (κ2) is 5.15. The van der Waals surface area contributed by atoms with E-state index in [0.717, 1.165) is 37.2 Å². The molecule has 2 aromatic rings. The zero-order chi connectivity index (χ0) is 15.2. The first-order valence-corrected chi connectivity index (χ1v) is 7.85. The first-order valence-electron chi connectivity index (χ1n) is 7.85. The number of fused-ring (bicyclic) bond motifs is 2. The van der Waals surface area contributed by atoms with E-state index in [-0.39, 0.29) is 11.5 Å². The summed E-state index contributed by atoms with van der Waals surface area (Å²) in [6.07, 6.45) is 3.25. The molecule has 22 heavy (non-hydrogen) atoms. The Kier molecular flexibility index (Phi) is 3.25. The third kappa shape index (κ3) is 1.84. The lowest BCUT2D eigenvalue weighted by Crippen LogP contribution is -2.47. The Labute approximate surface area is 129 Å². The van der Waals surface area contributed by atoms with Gasteiger partial charge in [0.1, 0.15) is 6.04 Å². The van der Waals surface area contributed by atoms with E-state index < -0.39 is 6.10 Å². The molecule has 2 heterocycles. The Hall–Kier alpha value is -1.76. The van der Waals surface area contributed by atoms with Crippen LogP contribution in [0.2, 0.25) is 0 Å². The highest BCUT2D eigenvalue weighted by Gasteiger charge is 2.52. The van der Waals surface area contributed by atoms with Crippen molar-refractivity contribution in [3.63, 3.8) is 0 Å². The maximum Gasteiger partial charge on any atom is 0.106 e. The van der Waals surface area contributed by atoms with Crippen LogP contribution in [0, 0.1) is 0 Å². The molecule has 0 saturated carbocycles. The smallest absolute Gasteiger partial charge is 0.106 e. The molecule has 1 saturated heterocycles. The van der Waals surface area contributed by atoms with Crippen molar-refractivity contribution in [2.45, 2.75) is 36.9 Å². The van der Waals surface area contributed by atoms with Crippen LogP contribution in [0.4, 0.5) is 0 Å². The summed E-state index contributed by atoms with van der Waals surface area (Å²) < 4.78 is 1.78. The highest BCUT2D eigenvalue weighted by Crippen LogP contribution is 2.51. The van der Waals surface area contributed by atoms with Gasteiger partial charge in [-0.05, 0) is 37.1 Å². The van der Waals surface area contributed by atoms with Crippen LogP contribution in [-0.4, -0.2) is 39.3 Å². The Morgan fingerprint density at radius 2 is 2.09 bits per heavy atom. The van der Waals surface area contributed by atoms with Crippen molar-refractivity contribution >= 4 is 0 Å². The van der Waals surface area contributed by atoms with E-state index in [1.54, 1.807) is 4.68 Å². The summed E-state index contributed by atoms with van der Waals surface area (Å²) in [6, 6.07) is 8.17. The summed E-state index contributed by atoms with van der Waals surface area (Å²) in [7, 11) is 0. The number of hydrogen-bond donors (Lipinski definition) is 3. The van der Waals surface area contributed by atoms with Crippen LogP contribution in [0.15, 0.2) is 30.5 Å². The van der Waals surface area contributed by atoms with E-state index in [1.165, 1.54) is 5.56 Å². The van der Waals surface area contributed by atoms with Crippen molar-refractivity contribution in [3.8, 4) is 0 Å².